The minimum absolute atomic E-state index is 0.0422. The topological polar surface area (TPSA) is 46.6 Å². The van der Waals surface area contributed by atoms with Crippen LogP contribution in [0, 0.1) is 5.92 Å². The fourth-order valence-electron chi connectivity index (χ4n) is 3.35. The highest BCUT2D eigenvalue weighted by atomic mass is 16.6. The van der Waals surface area contributed by atoms with Gasteiger partial charge in [0.25, 0.3) is 0 Å². The van der Waals surface area contributed by atoms with Crippen LogP contribution >= 0.6 is 0 Å². The third kappa shape index (κ3) is 3.74. The average Bonchev–Trinajstić information content (AvgIpc) is 2.62. The summed E-state index contributed by atoms with van der Waals surface area (Å²) in [5.74, 6) is 0.381. The zero-order chi connectivity index (χ0) is 14.8. The molecule has 1 saturated heterocycles. The molecule has 1 saturated carbocycles. The Labute approximate surface area is 121 Å². The van der Waals surface area contributed by atoms with Crippen molar-refractivity contribution < 1.29 is 14.3 Å². The monoisotopic (exact) mass is 281 g/mol. The molecular formula is C16H27NO3. The van der Waals surface area contributed by atoms with Crippen molar-refractivity contribution in [3.05, 3.63) is 0 Å². The molecule has 0 radical (unpaired) electrons. The molecule has 4 heteroatoms. The number of hydrogen-bond donors (Lipinski definition) is 0. The number of ether oxygens (including phenoxy) is 1. The molecule has 2 aliphatic rings. The maximum absolute atomic E-state index is 12.4. The van der Waals surface area contributed by atoms with Gasteiger partial charge in [0.15, 0.2) is 0 Å². The van der Waals surface area contributed by atoms with E-state index >= 15 is 0 Å². The fourth-order valence-corrected chi connectivity index (χ4v) is 3.35. The van der Waals surface area contributed by atoms with Crippen LogP contribution in [0.5, 0.6) is 0 Å². The Morgan fingerprint density at radius 3 is 2.50 bits per heavy atom. The molecule has 20 heavy (non-hydrogen) atoms. The van der Waals surface area contributed by atoms with Crippen LogP contribution in [0.2, 0.25) is 0 Å². The second-order valence-corrected chi connectivity index (χ2v) is 7.06. The molecular weight excluding hydrogens is 254 g/mol. The number of amides is 1. The summed E-state index contributed by atoms with van der Waals surface area (Å²) in [7, 11) is 0. The Hall–Kier alpha value is -1.06. The van der Waals surface area contributed by atoms with Gasteiger partial charge < -0.3 is 9.64 Å². The normalized spacial score (nSPS) is 28.4. The molecule has 1 heterocycles. The van der Waals surface area contributed by atoms with Crippen LogP contribution in [0.15, 0.2) is 0 Å². The van der Waals surface area contributed by atoms with E-state index in [-0.39, 0.29) is 18.1 Å². The molecule has 1 aliphatic heterocycles. The molecule has 2 unspecified atom stereocenters. The van der Waals surface area contributed by atoms with Gasteiger partial charge in [-0.3, -0.25) is 4.79 Å². The highest BCUT2D eigenvalue weighted by Gasteiger charge is 2.39. The number of hydrogen-bond acceptors (Lipinski definition) is 3. The van der Waals surface area contributed by atoms with Gasteiger partial charge in [0, 0.05) is 24.9 Å². The van der Waals surface area contributed by atoms with Gasteiger partial charge in [0.2, 0.25) is 0 Å². The minimum atomic E-state index is -0.479. The highest BCUT2D eigenvalue weighted by Crippen LogP contribution is 2.32. The Morgan fingerprint density at radius 1 is 1.15 bits per heavy atom. The van der Waals surface area contributed by atoms with E-state index in [4.69, 9.17) is 4.74 Å². The molecule has 0 aromatic rings. The Morgan fingerprint density at radius 2 is 1.90 bits per heavy atom. The number of Topliss-reactive ketones (excluding diaryl/α,β-unsaturated/α-hetero) is 1. The van der Waals surface area contributed by atoms with Crippen molar-refractivity contribution in [2.75, 3.05) is 6.54 Å². The Kier molecular flexibility index (Phi) is 4.71. The largest absolute Gasteiger partial charge is 0.444 e. The molecule has 1 amide bonds. The maximum Gasteiger partial charge on any atom is 0.410 e. The molecule has 114 valence electrons. The lowest BCUT2D eigenvalue weighted by Gasteiger charge is -2.35. The van der Waals surface area contributed by atoms with Crippen molar-refractivity contribution in [2.24, 2.45) is 5.92 Å². The minimum Gasteiger partial charge on any atom is -0.444 e. The molecule has 4 nitrogen and oxygen atoms in total. The van der Waals surface area contributed by atoms with E-state index in [0.717, 1.165) is 45.1 Å². The molecule has 2 fully saturated rings. The third-order valence-corrected chi connectivity index (χ3v) is 4.24. The standard InChI is InChI=1S/C16H27NO3/c1-16(2,3)20-15(19)17-11-6-4-5-9-13(17)12-8-7-10-14(12)18/h12-13H,4-11H2,1-3H3. The van der Waals surface area contributed by atoms with E-state index < -0.39 is 5.60 Å². The molecule has 0 bridgehead atoms. The fraction of sp³-hybridized carbons (Fsp3) is 0.875. The summed E-state index contributed by atoms with van der Waals surface area (Å²) in [6.45, 7) is 6.39. The van der Waals surface area contributed by atoms with Crippen LogP contribution < -0.4 is 0 Å². The van der Waals surface area contributed by atoms with Crippen molar-refractivity contribution in [2.45, 2.75) is 77.4 Å². The first-order valence-corrected chi connectivity index (χ1v) is 7.91. The molecule has 0 spiro atoms. The first-order chi connectivity index (χ1) is 9.38. The van der Waals surface area contributed by atoms with Crippen LogP contribution in [-0.4, -0.2) is 35.0 Å². The smallest absolute Gasteiger partial charge is 0.410 e. The number of carbonyl (C=O) groups excluding carboxylic acids is 2. The molecule has 0 aromatic heterocycles. The summed E-state index contributed by atoms with van der Waals surface area (Å²) in [6.07, 6.45) is 6.54. The summed E-state index contributed by atoms with van der Waals surface area (Å²) in [5, 5.41) is 0. The molecule has 0 aromatic carbocycles. The second kappa shape index (κ2) is 6.15. The van der Waals surface area contributed by atoms with E-state index in [0.29, 0.717) is 12.2 Å². The van der Waals surface area contributed by atoms with Gasteiger partial charge in [0.1, 0.15) is 11.4 Å². The number of likely N-dealkylation sites (tertiary alicyclic amines) is 1. The van der Waals surface area contributed by atoms with Gasteiger partial charge in [-0.1, -0.05) is 12.8 Å². The number of carbonyl (C=O) groups is 2. The highest BCUT2D eigenvalue weighted by molar-refractivity contribution is 5.84. The van der Waals surface area contributed by atoms with Crippen LogP contribution in [-0.2, 0) is 9.53 Å². The Balaban J connectivity index is 2.12. The Bertz CT molecular complexity index is 372. The summed E-state index contributed by atoms with van der Waals surface area (Å²) in [5.41, 5.74) is -0.479. The predicted molar refractivity (Wildman–Crippen MR) is 77.5 cm³/mol. The van der Waals surface area contributed by atoms with E-state index in [1.807, 2.05) is 25.7 Å². The quantitative estimate of drug-likeness (QED) is 0.738. The molecule has 2 atom stereocenters. The van der Waals surface area contributed by atoms with Gasteiger partial charge in [-0.15, -0.1) is 0 Å². The lowest BCUT2D eigenvalue weighted by Crippen LogP contribution is -2.47. The molecule has 2 rings (SSSR count). The average molecular weight is 281 g/mol. The van der Waals surface area contributed by atoms with Crippen LogP contribution in [0.25, 0.3) is 0 Å². The van der Waals surface area contributed by atoms with Gasteiger partial charge in [-0.2, -0.15) is 0 Å². The number of ketones is 1. The summed E-state index contributed by atoms with van der Waals surface area (Å²) >= 11 is 0. The lowest BCUT2D eigenvalue weighted by molar-refractivity contribution is -0.122. The third-order valence-electron chi connectivity index (χ3n) is 4.24. The number of rotatable bonds is 1. The first-order valence-electron chi connectivity index (χ1n) is 7.91. The van der Waals surface area contributed by atoms with E-state index in [1.54, 1.807) is 0 Å². The zero-order valence-corrected chi connectivity index (χ0v) is 13.0. The van der Waals surface area contributed by atoms with Gasteiger partial charge >= 0.3 is 6.09 Å². The van der Waals surface area contributed by atoms with Gasteiger partial charge in [-0.05, 0) is 46.5 Å². The predicted octanol–water partition coefficient (Wildman–Crippen LogP) is 3.54. The maximum atomic E-state index is 12.4. The SMILES string of the molecule is CC(C)(C)OC(=O)N1CCCCCC1C1CCCC1=O. The van der Waals surface area contributed by atoms with Gasteiger partial charge in [-0.25, -0.2) is 4.79 Å². The molecule has 0 N–H and O–H groups in total. The van der Waals surface area contributed by atoms with Crippen molar-refractivity contribution in [1.29, 1.82) is 0 Å². The van der Waals surface area contributed by atoms with E-state index in [2.05, 4.69) is 0 Å². The van der Waals surface area contributed by atoms with Crippen LogP contribution in [0.1, 0.15) is 65.7 Å². The first kappa shape index (κ1) is 15.3. The van der Waals surface area contributed by atoms with Crippen molar-refractivity contribution in [3.63, 3.8) is 0 Å². The van der Waals surface area contributed by atoms with Crippen molar-refractivity contribution in [1.82, 2.24) is 4.90 Å². The number of nitrogens with zero attached hydrogens (tertiary/aromatic N) is 1. The summed E-state index contributed by atoms with van der Waals surface area (Å²) < 4.78 is 5.53. The van der Waals surface area contributed by atoms with Crippen LogP contribution in [0.3, 0.4) is 0 Å². The second-order valence-electron chi connectivity index (χ2n) is 7.06. The summed E-state index contributed by atoms with van der Waals surface area (Å²) in [6, 6.07) is 0.0577. The van der Waals surface area contributed by atoms with Crippen molar-refractivity contribution >= 4 is 11.9 Å². The van der Waals surface area contributed by atoms with E-state index in [9.17, 15) is 9.59 Å². The van der Waals surface area contributed by atoms with Crippen LogP contribution in [0.4, 0.5) is 4.79 Å². The van der Waals surface area contributed by atoms with Gasteiger partial charge in [0.05, 0.1) is 0 Å². The lowest BCUT2D eigenvalue weighted by atomic mass is 9.92. The zero-order valence-electron chi connectivity index (χ0n) is 13.0. The molecule has 1 aliphatic carbocycles. The van der Waals surface area contributed by atoms with Crippen molar-refractivity contribution in [3.8, 4) is 0 Å². The summed E-state index contributed by atoms with van der Waals surface area (Å²) in [4.78, 5) is 26.3. The van der Waals surface area contributed by atoms with E-state index in [1.165, 1.54) is 0 Å².